The maximum atomic E-state index is 11.1. The third kappa shape index (κ3) is 2.72. The van der Waals surface area contributed by atoms with Crippen LogP contribution in [0.2, 0.25) is 0 Å². The van der Waals surface area contributed by atoms with Crippen molar-refractivity contribution in [3.63, 3.8) is 0 Å². The summed E-state index contributed by atoms with van der Waals surface area (Å²) in [4.78, 5) is 21.6. The van der Waals surface area contributed by atoms with Crippen LogP contribution in [-0.2, 0) is 14.3 Å². The van der Waals surface area contributed by atoms with Crippen molar-refractivity contribution in [2.24, 2.45) is 5.92 Å². The van der Waals surface area contributed by atoms with Crippen LogP contribution in [0.25, 0.3) is 0 Å². The topological polar surface area (TPSA) is 55.4 Å². The monoisotopic (exact) mass is 199 g/mol. The van der Waals surface area contributed by atoms with Gasteiger partial charge in [0.25, 0.3) is 0 Å². The van der Waals surface area contributed by atoms with Gasteiger partial charge in [0, 0.05) is 19.4 Å². The Morgan fingerprint density at radius 2 is 2.21 bits per heavy atom. The van der Waals surface area contributed by atoms with E-state index in [1.807, 2.05) is 0 Å². The third-order valence-electron chi connectivity index (χ3n) is 2.48. The number of rotatable bonds is 5. The molecule has 80 valence electrons. The number of carbonyl (C=O) groups is 2. The van der Waals surface area contributed by atoms with Crippen LogP contribution in [0.1, 0.15) is 33.1 Å². The molecular weight excluding hydrogens is 182 g/mol. The van der Waals surface area contributed by atoms with Crippen LogP contribution >= 0.6 is 0 Å². The second-order valence-corrected chi connectivity index (χ2v) is 3.64. The van der Waals surface area contributed by atoms with Crippen LogP contribution in [-0.4, -0.2) is 24.5 Å². The van der Waals surface area contributed by atoms with Crippen molar-refractivity contribution in [1.82, 2.24) is 5.32 Å². The number of esters is 1. The minimum atomic E-state index is -0.261. The van der Waals surface area contributed by atoms with Gasteiger partial charge in [-0.3, -0.25) is 9.59 Å². The molecule has 0 bridgehead atoms. The lowest BCUT2D eigenvalue weighted by Gasteiger charge is -2.36. The van der Waals surface area contributed by atoms with E-state index in [1.54, 1.807) is 0 Å². The molecule has 0 aromatic rings. The van der Waals surface area contributed by atoms with Gasteiger partial charge in [0.2, 0.25) is 5.91 Å². The molecule has 1 fully saturated rings. The highest BCUT2D eigenvalue weighted by Crippen LogP contribution is 2.22. The van der Waals surface area contributed by atoms with E-state index in [9.17, 15) is 9.59 Å². The Morgan fingerprint density at radius 1 is 1.50 bits per heavy atom. The van der Waals surface area contributed by atoms with E-state index in [-0.39, 0.29) is 23.8 Å². The quantitative estimate of drug-likeness (QED) is 0.527. The zero-order valence-electron chi connectivity index (χ0n) is 8.71. The molecule has 1 aliphatic heterocycles. The molecule has 1 heterocycles. The molecule has 0 aromatic heterocycles. The number of ether oxygens (including phenoxy) is 1. The molecule has 4 nitrogen and oxygen atoms in total. The lowest BCUT2D eigenvalue weighted by atomic mass is 9.85. The maximum Gasteiger partial charge on any atom is 0.302 e. The van der Waals surface area contributed by atoms with Gasteiger partial charge in [-0.2, -0.15) is 0 Å². The fourth-order valence-electron chi connectivity index (χ4n) is 1.72. The molecule has 0 radical (unpaired) electrons. The highest BCUT2D eigenvalue weighted by atomic mass is 16.5. The Balaban J connectivity index is 2.19. The average Bonchev–Trinajstić information content (AvgIpc) is 2.12. The van der Waals surface area contributed by atoms with Crippen LogP contribution in [0, 0.1) is 5.92 Å². The molecule has 1 N–H and O–H groups in total. The zero-order valence-corrected chi connectivity index (χ0v) is 8.71. The number of hydrogen-bond acceptors (Lipinski definition) is 3. The largest absolute Gasteiger partial charge is 0.466 e. The first-order valence-corrected chi connectivity index (χ1v) is 5.09. The molecule has 1 saturated heterocycles. The van der Waals surface area contributed by atoms with E-state index in [4.69, 9.17) is 4.74 Å². The molecule has 1 amide bonds. The fourth-order valence-corrected chi connectivity index (χ4v) is 1.72. The molecular formula is C10H17NO3. The van der Waals surface area contributed by atoms with Crippen LogP contribution in [0.4, 0.5) is 0 Å². The van der Waals surface area contributed by atoms with Gasteiger partial charge in [0.1, 0.15) is 0 Å². The Kier molecular flexibility index (Phi) is 3.92. The summed E-state index contributed by atoms with van der Waals surface area (Å²) in [6.45, 7) is 3.86. The van der Waals surface area contributed by atoms with Gasteiger partial charge in [0.05, 0.1) is 12.5 Å². The summed E-state index contributed by atoms with van der Waals surface area (Å²) in [6.07, 6.45) is 2.68. The van der Waals surface area contributed by atoms with Crippen molar-refractivity contribution in [3.05, 3.63) is 0 Å². The number of β-lactam (4-membered cyclic amide) rings is 1. The highest BCUT2D eigenvalue weighted by Gasteiger charge is 2.37. The summed E-state index contributed by atoms with van der Waals surface area (Å²) < 4.78 is 4.82. The van der Waals surface area contributed by atoms with Crippen LogP contribution in [0.5, 0.6) is 0 Å². The van der Waals surface area contributed by atoms with Crippen LogP contribution < -0.4 is 5.32 Å². The maximum absolute atomic E-state index is 11.1. The molecule has 4 heteroatoms. The smallest absolute Gasteiger partial charge is 0.302 e. The molecule has 2 atom stereocenters. The first-order chi connectivity index (χ1) is 6.65. The van der Waals surface area contributed by atoms with Gasteiger partial charge < -0.3 is 10.1 Å². The first-order valence-electron chi connectivity index (χ1n) is 5.09. The summed E-state index contributed by atoms with van der Waals surface area (Å²) in [7, 11) is 0. The van der Waals surface area contributed by atoms with Crippen molar-refractivity contribution < 1.29 is 14.3 Å². The molecule has 0 saturated carbocycles. The van der Waals surface area contributed by atoms with E-state index >= 15 is 0 Å². The van der Waals surface area contributed by atoms with Gasteiger partial charge in [-0.1, -0.05) is 13.3 Å². The van der Waals surface area contributed by atoms with E-state index in [1.165, 1.54) is 6.92 Å². The number of nitrogens with one attached hydrogen (secondary N) is 1. The van der Waals surface area contributed by atoms with Gasteiger partial charge in [-0.05, 0) is 6.42 Å². The van der Waals surface area contributed by atoms with Crippen LogP contribution in [0.3, 0.4) is 0 Å². The summed E-state index contributed by atoms with van der Waals surface area (Å²) in [5, 5.41) is 2.82. The van der Waals surface area contributed by atoms with Crippen molar-refractivity contribution in [2.45, 2.75) is 39.2 Å². The summed E-state index contributed by atoms with van der Waals surface area (Å²) in [5.41, 5.74) is 0. The molecule has 0 aromatic carbocycles. The van der Waals surface area contributed by atoms with Crippen molar-refractivity contribution in [2.75, 3.05) is 6.61 Å². The van der Waals surface area contributed by atoms with Gasteiger partial charge in [0.15, 0.2) is 0 Å². The highest BCUT2D eigenvalue weighted by molar-refractivity contribution is 5.85. The predicted molar refractivity (Wildman–Crippen MR) is 51.6 cm³/mol. The first kappa shape index (κ1) is 11.0. The Hall–Kier alpha value is -1.06. The summed E-state index contributed by atoms with van der Waals surface area (Å²) in [6, 6.07) is 0.210. The third-order valence-corrected chi connectivity index (χ3v) is 2.48. The normalized spacial score (nSPS) is 25.1. The number of carbonyl (C=O) groups excluding carboxylic acids is 2. The van der Waals surface area contributed by atoms with E-state index in [2.05, 4.69) is 12.2 Å². The van der Waals surface area contributed by atoms with Gasteiger partial charge >= 0.3 is 5.97 Å². The lowest BCUT2D eigenvalue weighted by molar-refractivity contribution is -0.142. The Labute approximate surface area is 84.0 Å². The van der Waals surface area contributed by atoms with Crippen LogP contribution in [0.15, 0.2) is 0 Å². The van der Waals surface area contributed by atoms with Crippen molar-refractivity contribution >= 4 is 11.9 Å². The molecule has 1 rings (SSSR count). The van der Waals surface area contributed by atoms with E-state index in [0.29, 0.717) is 6.61 Å². The second kappa shape index (κ2) is 4.98. The Bertz CT molecular complexity index is 227. The number of hydrogen-bond donors (Lipinski definition) is 1. The summed E-state index contributed by atoms with van der Waals surface area (Å²) >= 11 is 0. The van der Waals surface area contributed by atoms with E-state index < -0.39 is 0 Å². The lowest BCUT2D eigenvalue weighted by Crippen LogP contribution is -2.58. The molecule has 1 aliphatic rings. The van der Waals surface area contributed by atoms with E-state index in [0.717, 1.165) is 19.3 Å². The average molecular weight is 199 g/mol. The van der Waals surface area contributed by atoms with Crippen molar-refractivity contribution in [3.8, 4) is 0 Å². The van der Waals surface area contributed by atoms with Gasteiger partial charge in [-0.25, -0.2) is 0 Å². The SMILES string of the molecule is CCCC1C(=O)NC1CCOC(C)=O. The second-order valence-electron chi connectivity index (χ2n) is 3.64. The molecule has 2 unspecified atom stereocenters. The molecule has 14 heavy (non-hydrogen) atoms. The summed E-state index contributed by atoms with van der Waals surface area (Å²) in [5.74, 6) is 0.0120. The predicted octanol–water partition coefficient (Wildman–Crippen LogP) is 0.854. The zero-order chi connectivity index (χ0) is 10.6. The van der Waals surface area contributed by atoms with Gasteiger partial charge in [-0.15, -0.1) is 0 Å². The standard InChI is InChI=1S/C10H17NO3/c1-3-4-8-9(11-10(8)13)5-6-14-7(2)12/h8-9H,3-6H2,1-2H3,(H,11,13). The fraction of sp³-hybridized carbons (Fsp3) is 0.800. The molecule has 0 spiro atoms. The molecule has 0 aliphatic carbocycles. The Morgan fingerprint density at radius 3 is 2.71 bits per heavy atom. The van der Waals surface area contributed by atoms with Crippen molar-refractivity contribution in [1.29, 1.82) is 0 Å². The minimum Gasteiger partial charge on any atom is -0.466 e. The number of amides is 1. The minimum absolute atomic E-state index is 0.135.